The largest absolute Gasteiger partial charge is 0.290 e. The average Bonchev–Trinajstić information content (AvgIpc) is 2.42. The highest BCUT2D eigenvalue weighted by atomic mass is 16.1. The zero-order chi connectivity index (χ0) is 9.68. The second-order valence-electron chi connectivity index (χ2n) is 3.67. The van der Waals surface area contributed by atoms with Crippen LogP contribution in [-0.2, 0) is 4.79 Å². The third-order valence-corrected chi connectivity index (χ3v) is 2.48. The summed E-state index contributed by atoms with van der Waals surface area (Å²) in [6.07, 6.45) is 10.6. The first-order valence-corrected chi connectivity index (χ1v) is 5.18. The van der Waals surface area contributed by atoms with Crippen LogP contribution in [0.5, 0.6) is 0 Å². The molecule has 0 radical (unpaired) electrons. The monoisotopic (exact) mass is 178 g/mol. The zero-order valence-electron chi connectivity index (χ0n) is 8.55. The van der Waals surface area contributed by atoms with Crippen molar-refractivity contribution in [1.29, 1.82) is 0 Å². The second-order valence-corrected chi connectivity index (χ2v) is 3.67. The van der Waals surface area contributed by atoms with Crippen LogP contribution >= 0.6 is 0 Å². The number of unbranched alkanes of at least 4 members (excludes halogenated alkanes) is 3. The Morgan fingerprint density at radius 1 is 1.46 bits per heavy atom. The molecule has 0 bridgehead atoms. The van der Waals surface area contributed by atoms with Gasteiger partial charge in [0.25, 0.3) is 0 Å². The van der Waals surface area contributed by atoms with Crippen molar-refractivity contribution in [3.8, 4) is 0 Å². The summed E-state index contributed by atoms with van der Waals surface area (Å²) in [5, 5.41) is 0. The first kappa shape index (κ1) is 10.2. The molecule has 0 fully saturated rings. The van der Waals surface area contributed by atoms with Crippen LogP contribution in [0.4, 0.5) is 0 Å². The Kier molecular flexibility index (Phi) is 3.94. The molecule has 0 amide bonds. The normalized spacial score (nSPS) is 24.6. The Morgan fingerprint density at radius 2 is 2.23 bits per heavy atom. The van der Waals surface area contributed by atoms with E-state index >= 15 is 0 Å². The lowest BCUT2D eigenvalue weighted by molar-refractivity contribution is -0.111. The van der Waals surface area contributed by atoms with Gasteiger partial charge in [-0.05, 0) is 18.9 Å². The molecule has 1 rings (SSSR count). The molecule has 1 aliphatic carbocycles. The minimum atomic E-state index is 0.212. The molecule has 1 atom stereocenters. The van der Waals surface area contributed by atoms with Crippen LogP contribution in [0.2, 0.25) is 0 Å². The van der Waals surface area contributed by atoms with Crippen LogP contribution < -0.4 is 0 Å². The summed E-state index contributed by atoms with van der Waals surface area (Å²) in [7, 11) is 0. The van der Waals surface area contributed by atoms with Crippen LogP contribution in [0.1, 0.15) is 39.5 Å². The van der Waals surface area contributed by atoms with Gasteiger partial charge in [0.15, 0.2) is 5.78 Å². The fourth-order valence-electron chi connectivity index (χ4n) is 1.59. The highest BCUT2D eigenvalue weighted by Gasteiger charge is 2.17. The van der Waals surface area contributed by atoms with Gasteiger partial charge in [0, 0.05) is 11.5 Å². The predicted octanol–water partition coefficient (Wildman–Crippen LogP) is 3.27. The van der Waals surface area contributed by atoms with Crippen LogP contribution in [0.3, 0.4) is 0 Å². The summed E-state index contributed by atoms with van der Waals surface area (Å²) in [6, 6.07) is 0. The molecule has 1 heteroatoms. The van der Waals surface area contributed by atoms with E-state index in [2.05, 4.69) is 19.9 Å². The van der Waals surface area contributed by atoms with E-state index in [-0.39, 0.29) is 5.78 Å². The quantitative estimate of drug-likeness (QED) is 0.477. The number of carbonyl (C=O) groups is 1. The maximum absolute atomic E-state index is 11.3. The molecule has 1 unspecified atom stereocenters. The highest BCUT2D eigenvalue weighted by Crippen LogP contribution is 2.21. The van der Waals surface area contributed by atoms with Gasteiger partial charge in [-0.25, -0.2) is 0 Å². The maximum Gasteiger partial charge on any atom is 0.181 e. The Hall–Kier alpha value is -0.850. The van der Waals surface area contributed by atoms with Crippen molar-refractivity contribution >= 4 is 5.78 Å². The van der Waals surface area contributed by atoms with Gasteiger partial charge in [-0.2, -0.15) is 0 Å². The first-order chi connectivity index (χ1) is 6.25. The van der Waals surface area contributed by atoms with Gasteiger partial charge in [-0.3, -0.25) is 4.79 Å². The van der Waals surface area contributed by atoms with E-state index < -0.39 is 0 Å². The van der Waals surface area contributed by atoms with Crippen molar-refractivity contribution in [2.45, 2.75) is 39.5 Å². The van der Waals surface area contributed by atoms with Crippen LogP contribution in [0.25, 0.3) is 0 Å². The molecule has 0 heterocycles. The fraction of sp³-hybridized carbons (Fsp3) is 0.583. The minimum Gasteiger partial charge on any atom is -0.290 e. The Balaban J connectivity index is 2.38. The average molecular weight is 178 g/mol. The topological polar surface area (TPSA) is 17.1 Å². The van der Waals surface area contributed by atoms with E-state index in [0.717, 1.165) is 12.0 Å². The molecular formula is C12H18O. The third kappa shape index (κ3) is 2.83. The van der Waals surface area contributed by atoms with Crippen molar-refractivity contribution in [1.82, 2.24) is 0 Å². The number of ketones is 1. The van der Waals surface area contributed by atoms with Crippen LogP contribution in [0, 0.1) is 5.92 Å². The number of hydrogen-bond donors (Lipinski definition) is 0. The van der Waals surface area contributed by atoms with Crippen LogP contribution in [0.15, 0.2) is 23.8 Å². The molecule has 0 aromatic rings. The van der Waals surface area contributed by atoms with E-state index in [9.17, 15) is 4.79 Å². The van der Waals surface area contributed by atoms with Gasteiger partial charge in [0.2, 0.25) is 0 Å². The lowest BCUT2D eigenvalue weighted by Crippen LogP contribution is -1.98. The molecule has 72 valence electrons. The third-order valence-electron chi connectivity index (χ3n) is 2.48. The van der Waals surface area contributed by atoms with Gasteiger partial charge < -0.3 is 0 Å². The summed E-state index contributed by atoms with van der Waals surface area (Å²) in [6.45, 7) is 4.27. The summed E-state index contributed by atoms with van der Waals surface area (Å²) in [4.78, 5) is 11.3. The van der Waals surface area contributed by atoms with Crippen molar-refractivity contribution in [3.05, 3.63) is 23.8 Å². The Bertz CT molecular complexity index is 236. The molecule has 0 aromatic carbocycles. The van der Waals surface area contributed by atoms with Gasteiger partial charge in [-0.15, -0.1) is 0 Å². The van der Waals surface area contributed by atoms with E-state index in [1.165, 1.54) is 19.3 Å². The molecule has 0 N–H and O–H groups in total. The number of hydrogen-bond acceptors (Lipinski definition) is 1. The summed E-state index contributed by atoms with van der Waals surface area (Å²) >= 11 is 0. The van der Waals surface area contributed by atoms with E-state index in [0.29, 0.717) is 5.92 Å². The Morgan fingerprint density at radius 3 is 2.77 bits per heavy atom. The minimum absolute atomic E-state index is 0.212. The molecule has 0 aliphatic heterocycles. The highest BCUT2D eigenvalue weighted by molar-refractivity contribution is 6.07. The molecule has 0 spiro atoms. The predicted molar refractivity (Wildman–Crippen MR) is 55.5 cm³/mol. The SMILES string of the molecule is CCCCC/C=C1/C(=O)C=CC1C. The van der Waals surface area contributed by atoms with Gasteiger partial charge in [-0.1, -0.05) is 38.8 Å². The second kappa shape index (κ2) is 5.00. The molecule has 0 saturated carbocycles. The van der Waals surface area contributed by atoms with Crippen molar-refractivity contribution in [2.75, 3.05) is 0 Å². The standard InChI is InChI=1S/C12H18O/c1-3-4-5-6-7-11-10(2)8-9-12(11)13/h7-10H,3-6H2,1-2H3/b11-7+. The summed E-state index contributed by atoms with van der Waals surface area (Å²) < 4.78 is 0. The van der Waals surface area contributed by atoms with Crippen molar-refractivity contribution in [3.63, 3.8) is 0 Å². The molecule has 13 heavy (non-hydrogen) atoms. The van der Waals surface area contributed by atoms with Crippen molar-refractivity contribution < 1.29 is 4.79 Å². The van der Waals surface area contributed by atoms with Gasteiger partial charge in [0.1, 0.15) is 0 Å². The molecule has 0 aromatic heterocycles. The van der Waals surface area contributed by atoms with E-state index in [1.807, 2.05) is 6.08 Å². The summed E-state index contributed by atoms with van der Waals surface area (Å²) in [5.41, 5.74) is 0.996. The lowest BCUT2D eigenvalue weighted by atomic mass is 10.0. The smallest absolute Gasteiger partial charge is 0.181 e. The lowest BCUT2D eigenvalue weighted by Gasteiger charge is -2.02. The van der Waals surface area contributed by atoms with Crippen LogP contribution in [-0.4, -0.2) is 5.78 Å². The molecule has 1 nitrogen and oxygen atoms in total. The number of allylic oxidation sites excluding steroid dienone is 4. The number of carbonyl (C=O) groups excluding carboxylic acids is 1. The van der Waals surface area contributed by atoms with E-state index in [4.69, 9.17) is 0 Å². The number of rotatable bonds is 4. The first-order valence-electron chi connectivity index (χ1n) is 5.18. The zero-order valence-corrected chi connectivity index (χ0v) is 8.55. The molecular weight excluding hydrogens is 160 g/mol. The molecule has 0 saturated heterocycles. The summed E-state index contributed by atoms with van der Waals surface area (Å²) in [5.74, 6) is 0.554. The fourth-order valence-corrected chi connectivity index (χ4v) is 1.59. The van der Waals surface area contributed by atoms with Gasteiger partial charge >= 0.3 is 0 Å². The molecule has 1 aliphatic rings. The van der Waals surface area contributed by atoms with Crippen molar-refractivity contribution in [2.24, 2.45) is 5.92 Å². The maximum atomic E-state index is 11.3. The van der Waals surface area contributed by atoms with E-state index in [1.54, 1.807) is 6.08 Å². The van der Waals surface area contributed by atoms with Gasteiger partial charge in [0.05, 0.1) is 0 Å². The Labute approximate surface area is 80.5 Å².